The second-order valence-electron chi connectivity index (χ2n) is 8.27. The molecule has 2 fully saturated rings. The third-order valence-corrected chi connectivity index (χ3v) is 5.25. The first-order valence-corrected chi connectivity index (χ1v) is 8.34. The van der Waals surface area contributed by atoms with Gasteiger partial charge in [-0.05, 0) is 45.1 Å². The molecular weight excluding hydrogens is 248 g/mol. The van der Waals surface area contributed by atoms with Crippen LogP contribution >= 0.6 is 0 Å². The van der Waals surface area contributed by atoms with Gasteiger partial charge in [0.15, 0.2) is 0 Å². The maximum Gasteiger partial charge on any atom is 0.0546 e. The molecule has 1 saturated carbocycles. The molecule has 1 aliphatic heterocycles. The van der Waals surface area contributed by atoms with Gasteiger partial charge in [-0.15, -0.1) is 0 Å². The summed E-state index contributed by atoms with van der Waals surface area (Å²) < 4.78 is 5.84. The van der Waals surface area contributed by atoms with Crippen LogP contribution in [0.1, 0.15) is 53.4 Å². The van der Waals surface area contributed by atoms with Crippen molar-refractivity contribution in [3.63, 3.8) is 0 Å². The van der Waals surface area contributed by atoms with Crippen molar-refractivity contribution in [2.75, 3.05) is 33.4 Å². The molecular formula is C17H34N2O. The van der Waals surface area contributed by atoms with E-state index < -0.39 is 0 Å². The van der Waals surface area contributed by atoms with Crippen molar-refractivity contribution >= 4 is 0 Å². The number of hydrogen-bond donors (Lipinski definition) is 1. The number of rotatable bonds is 6. The van der Waals surface area contributed by atoms with Crippen molar-refractivity contribution in [2.24, 2.45) is 10.8 Å². The fourth-order valence-electron chi connectivity index (χ4n) is 3.21. The molecule has 1 saturated heterocycles. The highest BCUT2D eigenvalue weighted by atomic mass is 16.5. The summed E-state index contributed by atoms with van der Waals surface area (Å²) in [5, 5.41) is 3.74. The second-order valence-corrected chi connectivity index (χ2v) is 8.27. The van der Waals surface area contributed by atoms with Crippen LogP contribution in [0.25, 0.3) is 0 Å². The molecule has 0 radical (unpaired) electrons. The van der Waals surface area contributed by atoms with Crippen molar-refractivity contribution in [3.8, 4) is 0 Å². The molecule has 0 amide bonds. The Hall–Kier alpha value is -0.120. The first-order valence-electron chi connectivity index (χ1n) is 8.34. The smallest absolute Gasteiger partial charge is 0.0546 e. The molecule has 1 N–H and O–H groups in total. The number of hydrogen-bond acceptors (Lipinski definition) is 3. The van der Waals surface area contributed by atoms with Crippen LogP contribution in [0.15, 0.2) is 0 Å². The van der Waals surface area contributed by atoms with Crippen molar-refractivity contribution < 1.29 is 4.74 Å². The van der Waals surface area contributed by atoms with Crippen molar-refractivity contribution in [1.82, 2.24) is 10.2 Å². The molecule has 0 aromatic rings. The minimum atomic E-state index is 0.315. The van der Waals surface area contributed by atoms with Gasteiger partial charge in [-0.3, -0.25) is 0 Å². The summed E-state index contributed by atoms with van der Waals surface area (Å²) in [5.41, 5.74) is 0.643. The van der Waals surface area contributed by atoms with Crippen LogP contribution in [-0.4, -0.2) is 50.3 Å². The lowest BCUT2D eigenvalue weighted by molar-refractivity contribution is -0.0346. The molecule has 0 aromatic carbocycles. The van der Waals surface area contributed by atoms with Crippen LogP contribution < -0.4 is 5.32 Å². The highest BCUT2D eigenvalue weighted by Crippen LogP contribution is 2.33. The Labute approximate surface area is 125 Å². The van der Waals surface area contributed by atoms with E-state index in [0.29, 0.717) is 16.9 Å². The fourth-order valence-corrected chi connectivity index (χ4v) is 3.21. The standard InChI is InChI=1S/C17H34N2O/c1-14(16(2,3)4)19(5)12-17(9-6-10-20-13-17)11-18-15-7-8-15/h14-15,18H,6-13H2,1-5H3. The number of nitrogens with zero attached hydrogens (tertiary/aromatic N) is 1. The lowest BCUT2D eigenvalue weighted by Gasteiger charge is -2.44. The highest BCUT2D eigenvalue weighted by Gasteiger charge is 2.37. The number of nitrogens with one attached hydrogen (secondary N) is 1. The van der Waals surface area contributed by atoms with Crippen LogP contribution in [0, 0.1) is 10.8 Å². The minimum Gasteiger partial charge on any atom is -0.381 e. The molecule has 3 heteroatoms. The average Bonchev–Trinajstić information content (AvgIpc) is 3.19. The molecule has 3 nitrogen and oxygen atoms in total. The zero-order valence-corrected chi connectivity index (χ0v) is 14.2. The SMILES string of the molecule is CC(N(C)CC1(CNC2CC2)CCCOC1)C(C)(C)C. The van der Waals surface area contributed by atoms with E-state index in [9.17, 15) is 0 Å². The lowest BCUT2D eigenvalue weighted by Crippen LogP contribution is -2.52. The van der Waals surface area contributed by atoms with E-state index in [2.05, 4.69) is 45.0 Å². The Morgan fingerprint density at radius 2 is 2.05 bits per heavy atom. The van der Waals surface area contributed by atoms with Crippen molar-refractivity contribution in [3.05, 3.63) is 0 Å². The first-order chi connectivity index (χ1) is 9.32. The molecule has 2 aliphatic rings. The molecule has 0 bridgehead atoms. The third-order valence-electron chi connectivity index (χ3n) is 5.25. The van der Waals surface area contributed by atoms with Gasteiger partial charge < -0.3 is 15.0 Å². The van der Waals surface area contributed by atoms with E-state index in [1.807, 2.05) is 0 Å². The molecule has 1 heterocycles. The topological polar surface area (TPSA) is 24.5 Å². The van der Waals surface area contributed by atoms with Gasteiger partial charge in [0, 0.05) is 37.2 Å². The van der Waals surface area contributed by atoms with E-state index in [4.69, 9.17) is 4.74 Å². The molecule has 2 unspecified atom stereocenters. The predicted octanol–water partition coefficient (Wildman–Crippen LogP) is 2.90. The van der Waals surface area contributed by atoms with Crippen LogP contribution in [0.5, 0.6) is 0 Å². The summed E-state index contributed by atoms with van der Waals surface area (Å²) in [4.78, 5) is 2.54. The monoisotopic (exact) mass is 282 g/mol. The third kappa shape index (κ3) is 4.44. The Kier molecular flexibility index (Phi) is 5.14. The van der Waals surface area contributed by atoms with E-state index in [-0.39, 0.29) is 0 Å². The summed E-state index contributed by atoms with van der Waals surface area (Å²) in [6.45, 7) is 13.5. The predicted molar refractivity (Wildman–Crippen MR) is 85.1 cm³/mol. The van der Waals surface area contributed by atoms with Crippen LogP contribution in [0.3, 0.4) is 0 Å². The highest BCUT2D eigenvalue weighted by molar-refractivity contribution is 4.92. The summed E-state index contributed by atoms with van der Waals surface area (Å²) in [5.74, 6) is 0. The molecule has 118 valence electrons. The summed E-state index contributed by atoms with van der Waals surface area (Å²) in [6, 6.07) is 1.38. The summed E-state index contributed by atoms with van der Waals surface area (Å²) in [7, 11) is 2.28. The van der Waals surface area contributed by atoms with Gasteiger partial charge in [-0.2, -0.15) is 0 Å². The van der Waals surface area contributed by atoms with Gasteiger partial charge in [-0.1, -0.05) is 20.8 Å². The van der Waals surface area contributed by atoms with Gasteiger partial charge in [0.05, 0.1) is 6.61 Å². The molecule has 1 aliphatic carbocycles. The van der Waals surface area contributed by atoms with E-state index >= 15 is 0 Å². The first kappa shape index (κ1) is 16.3. The van der Waals surface area contributed by atoms with Crippen molar-refractivity contribution in [1.29, 1.82) is 0 Å². The lowest BCUT2D eigenvalue weighted by atomic mass is 9.80. The number of ether oxygens (including phenoxy) is 1. The molecule has 0 aromatic heterocycles. The average molecular weight is 282 g/mol. The zero-order valence-electron chi connectivity index (χ0n) is 14.2. The maximum absolute atomic E-state index is 5.84. The van der Waals surface area contributed by atoms with Gasteiger partial charge in [0.1, 0.15) is 0 Å². The van der Waals surface area contributed by atoms with Crippen LogP contribution in [0.2, 0.25) is 0 Å². The van der Waals surface area contributed by atoms with E-state index in [1.54, 1.807) is 0 Å². The Balaban J connectivity index is 1.94. The van der Waals surface area contributed by atoms with E-state index in [0.717, 1.165) is 32.3 Å². The summed E-state index contributed by atoms with van der Waals surface area (Å²) >= 11 is 0. The molecule has 2 atom stereocenters. The van der Waals surface area contributed by atoms with Gasteiger partial charge in [0.2, 0.25) is 0 Å². The normalized spacial score (nSPS) is 29.7. The molecule has 0 spiro atoms. The van der Waals surface area contributed by atoms with E-state index in [1.165, 1.54) is 25.7 Å². The second kappa shape index (κ2) is 6.33. The van der Waals surface area contributed by atoms with Gasteiger partial charge >= 0.3 is 0 Å². The molecule has 20 heavy (non-hydrogen) atoms. The Morgan fingerprint density at radius 1 is 1.35 bits per heavy atom. The minimum absolute atomic E-state index is 0.315. The molecule has 2 rings (SSSR count). The fraction of sp³-hybridized carbons (Fsp3) is 1.00. The van der Waals surface area contributed by atoms with Crippen LogP contribution in [0.4, 0.5) is 0 Å². The quantitative estimate of drug-likeness (QED) is 0.811. The zero-order chi connectivity index (χ0) is 14.8. The summed E-state index contributed by atoms with van der Waals surface area (Å²) in [6.07, 6.45) is 5.24. The van der Waals surface area contributed by atoms with Gasteiger partial charge in [0.25, 0.3) is 0 Å². The van der Waals surface area contributed by atoms with Crippen LogP contribution in [-0.2, 0) is 4.74 Å². The Morgan fingerprint density at radius 3 is 2.55 bits per heavy atom. The van der Waals surface area contributed by atoms with Crippen molar-refractivity contribution in [2.45, 2.75) is 65.5 Å². The maximum atomic E-state index is 5.84. The Bertz CT molecular complexity index is 301. The van der Waals surface area contributed by atoms with Gasteiger partial charge in [-0.25, -0.2) is 0 Å². The largest absolute Gasteiger partial charge is 0.381 e.